The quantitative estimate of drug-likeness (QED) is 0.685. The molecule has 0 saturated carbocycles. The van der Waals surface area contributed by atoms with Gasteiger partial charge < -0.3 is 4.74 Å². The van der Waals surface area contributed by atoms with Gasteiger partial charge in [0.05, 0.1) is 0 Å². The lowest BCUT2D eigenvalue weighted by Crippen LogP contribution is -1.84. The largest absolute Gasteiger partial charge is 0.457 e. The lowest BCUT2D eigenvalue weighted by Gasteiger charge is -2.06. The van der Waals surface area contributed by atoms with Gasteiger partial charge in [0.25, 0.3) is 0 Å². The molecule has 0 aliphatic rings. The molecule has 0 amide bonds. The van der Waals surface area contributed by atoms with Crippen LogP contribution in [-0.4, -0.2) is 4.98 Å². The highest BCUT2D eigenvalue weighted by atomic mass is 16.5. The molecule has 2 heteroatoms. The van der Waals surface area contributed by atoms with Gasteiger partial charge in [-0.2, -0.15) is 0 Å². The van der Waals surface area contributed by atoms with Crippen molar-refractivity contribution in [1.82, 2.24) is 4.98 Å². The Morgan fingerprint density at radius 1 is 0.789 bits per heavy atom. The van der Waals surface area contributed by atoms with E-state index in [2.05, 4.69) is 11.1 Å². The number of benzene rings is 2. The van der Waals surface area contributed by atoms with Gasteiger partial charge in [-0.15, -0.1) is 0 Å². The topological polar surface area (TPSA) is 22.1 Å². The predicted molar refractivity (Wildman–Crippen MR) is 75.0 cm³/mol. The van der Waals surface area contributed by atoms with Crippen molar-refractivity contribution in [3.63, 3.8) is 0 Å². The van der Waals surface area contributed by atoms with Gasteiger partial charge in [0.15, 0.2) is 0 Å². The molecule has 19 heavy (non-hydrogen) atoms. The molecule has 2 aromatic carbocycles. The number of aromatic nitrogens is 1. The number of pyridine rings is 1. The smallest absolute Gasteiger partial charge is 0.127 e. The molecule has 0 saturated heterocycles. The molecule has 0 atom stereocenters. The average Bonchev–Trinajstić information content (AvgIpc) is 2.50. The zero-order chi connectivity index (χ0) is 12.9. The van der Waals surface area contributed by atoms with Crippen LogP contribution in [-0.2, 0) is 0 Å². The molecule has 1 heterocycles. The predicted octanol–water partition coefficient (Wildman–Crippen LogP) is 4.34. The molecule has 2 nitrogen and oxygen atoms in total. The molecular weight excluding hydrogens is 234 g/mol. The Labute approximate surface area is 112 Å². The summed E-state index contributed by atoms with van der Waals surface area (Å²) in [4.78, 5) is 4.06. The fourth-order valence-corrected chi connectivity index (χ4v) is 1.82. The molecule has 0 fully saturated rings. The van der Waals surface area contributed by atoms with E-state index in [1.165, 1.54) is 0 Å². The van der Waals surface area contributed by atoms with Crippen molar-refractivity contribution in [1.29, 1.82) is 0 Å². The summed E-state index contributed by atoms with van der Waals surface area (Å²) in [5.41, 5.74) is 2.15. The van der Waals surface area contributed by atoms with Crippen LogP contribution in [0.2, 0.25) is 0 Å². The Kier molecular flexibility index (Phi) is 3.24. The summed E-state index contributed by atoms with van der Waals surface area (Å²) in [6, 6.07) is 22.6. The Morgan fingerprint density at radius 2 is 1.53 bits per heavy atom. The molecule has 0 N–H and O–H groups in total. The second-order valence-electron chi connectivity index (χ2n) is 4.11. The molecule has 1 radical (unpaired) electrons. The fourth-order valence-electron chi connectivity index (χ4n) is 1.82. The number of rotatable bonds is 3. The van der Waals surface area contributed by atoms with E-state index < -0.39 is 0 Å². The van der Waals surface area contributed by atoms with Crippen LogP contribution >= 0.6 is 0 Å². The normalized spacial score (nSPS) is 10.1. The van der Waals surface area contributed by atoms with Crippen molar-refractivity contribution in [2.45, 2.75) is 0 Å². The molecule has 3 aromatic rings. The van der Waals surface area contributed by atoms with E-state index in [-0.39, 0.29) is 0 Å². The zero-order valence-electron chi connectivity index (χ0n) is 10.3. The van der Waals surface area contributed by atoms with E-state index in [1.807, 2.05) is 66.9 Å². The Balaban J connectivity index is 1.80. The molecule has 1 aromatic heterocycles. The Hall–Kier alpha value is -2.61. The SMILES string of the molecule is [c]1cncc(-c2ccc(Oc3ccccc3)cc2)c1. The Morgan fingerprint density at radius 3 is 2.21 bits per heavy atom. The summed E-state index contributed by atoms with van der Waals surface area (Å²) in [5, 5.41) is 0. The molecular formula is C17H12NO. The first kappa shape index (κ1) is 11.5. The minimum atomic E-state index is 0.822. The highest BCUT2D eigenvalue weighted by Crippen LogP contribution is 2.24. The minimum Gasteiger partial charge on any atom is -0.457 e. The summed E-state index contributed by atoms with van der Waals surface area (Å²) in [5.74, 6) is 1.66. The second-order valence-corrected chi connectivity index (χ2v) is 4.11. The van der Waals surface area contributed by atoms with Gasteiger partial charge in [-0.05, 0) is 35.9 Å². The van der Waals surface area contributed by atoms with E-state index >= 15 is 0 Å². The van der Waals surface area contributed by atoms with Gasteiger partial charge in [-0.25, -0.2) is 0 Å². The van der Waals surface area contributed by atoms with Gasteiger partial charge in [-0.1, -0.05) is 30.3 Å². The van der Waals surface area contributed by atoms with E-state index in [4.69, 9.17) is 4.74 Å². The van der Waals surface area contributed by atoms with E-state index in [1.54, 1.807) is 6.20 Å². The number of hydrogen-bond donors (Lipinski definition) is 0. The maximum Gasteiger partial charge on any atom is 0.127 e. The van der Waals surface area contributed by atoms with Crippen LogP contribution in [0.3, 0.4) is 0 Å². The Bertz CT molecular complexity index is 633. The van der Waals surface area contributed by atoms with E-state index in [0.717, 1.165) is 22.6 Å². The fraction of sp³-hybridized carbons (Fsp3) is 0. The standard InChI is InChI=1S/C17H12NO/c1-2-6-16(7-3-1)19-17-10-8-14(9-11-17)15-5-4-12-18-13-15/h1-3,5-13H. The van der Waals surface area contributed by atoms with Gasteiger partial charge in [0, 0.05) is 24.0 Å². The monoisotopic (exact) mass is 246 g/mol. The van der Waals surface area contributed by atoms with Gasteiger partial charge >= 0.3 is 0 Å². The van der Waals surface area contributed by atoms with Crippen LogP contribution in [0.4, 0.5) is 0 Å². The van der Waals surface area contributed by atoms with Crippen molar-refractivity contribution in [3.05, 3.63) is 79.1 Å². The molecule has 3 rings (SSSR count). The lowest BCUT2D eigenvalue weighted by molar-refractivity contribution is 0.483. The lowest BCUT2D eigenvalue weighted by atomic mass is 10.1. The summed E-state index contributed by atoms with van der Waals surface area (Å²) in [6.45, 7) is 0. The number of ether oxygens (including phenoxy) is 1. The first-order chi connectivity index (χ1) is 9.42. The molecule has 0 unspecified atom stereocenters. The summed E-state index contributed by atoms with van der Waals surface area (Å²) in [6.07, 6.45) is 3.47. The van der Waals surface area contributed by atoms with Crippen LogP contribution in [0.1, 0.15) is 0 Å². The van der Waals surface area contributed by atoms with Crippen molar-refractivity contribution in [2.24, 2.45) is 0 Å². The zero-order valence-corrected chi connectivity index (χ0v) is 10.3. The maximum atomic E-state index is 5.75. The third kappa shape index (κ3) is 2.80. The average molecular weight is 246 g/mol. The molecule has 0 spiro atoms. The van der Waals surface area contributed by atoms with Crippen molar-refractivity contribution in [3.8, 4) is 22.6 Å². The highest BCUT2D eigenvalue weighted by Gasteiger charge is 1.99. The summed E-state index contributed by atoms with van der Waals surface area (Å²) in [7, 11) is 0. The molecule has 0 aliphatic carbocycles. The van der Waals surface area contributed by atoms with Crippen molar-refractivity contribution in [2.75, 3.05) is 0 Å². The van der Waals surface area contributed by atoms with Crippen molar-refractivity contribution >= 4 is 0 Å². The van der Waals surface area contributed by atoms with Crippen LogP contribution in [0.25, 0.3) is 11.1 Å². The second kappa shape index (κ2) is 5.36. The number of para-hydroxylation sites is 1. The molecule has 0 aliphatic heterocycles. The first-order valence-corrected chi connectivity index (χ1v) is 6.06. The summed E-state index contributed by atoms with van der Waals surface area (Å²) < 4.78 is 5.75. The minimum absolute atomic E-state index is 0.822. The van der Waals surface area contributed by atoms with E-state index in [0.29, 0.717) is 0 Å². The highest BCUT2D eigenvalue weighted by molar-refractivity contribution is 5.62. The van der Waals surface area contributed by atoms with Gasteiger partial charge in [-0.3, -0.25) is 4.98 Å². The molecule has 91 valence electrons. The number of nitrogens with zero attached hydrogens (tertiary/aromatic N) is 1. The van der Waals surface area contributed by atoms with Crippen LogP contribution in [0.5, 0.6) is 11.5 Å². The summed E-state index contributed by atoms with van der Waals surface area (Å²) >= 11 is 0. The number of hydrogen-bond acceptors (Lipinski definition) is 2. The first-order valence-electron chi connectivity index (χ1n) is 6.06. The van der Waals surface area contributed by atoms with Crippen LogP contribution in [0, 0.1) is 6.07 Å². The molecule has 0 bridgehead atoms. The van der Waals surface area contributed by atoms with Crippen molar-refractivity contribution < 1.29 is 4.74 Å². The van der Waals surface area contributed by atoms with Gasteiger partial charge in [0.1, 0.15) is 11.5 Å². The maximum absolute atomic E-state index is 5.75. The van der Waals surface area contributed by atoms with Crippen LogP contribution in [0.15, 0.2) is 73.1 Å². The third-order valence-corrected chi connectivity index (χ3v) is 2.77. The van der Waals surface area contributed by atoms with Gasteiger partial charge in [0.2, 0.25) is 0 Å². The third-order valence-electron chi connectivity index (χ3n) is 2.77. The van der Waals surface area contributed by atoms with Crippen LogP contribution < -0.4 is 4.74 Å². The van der Waals surface area contributed by atoms with E-state index in [9.17, 15) is 0 Å².